The maximum atomic E-state index is 12.4. The number of nitrogens with zero attached hydrogens (tertiary/aromatic N) is 6. The largest absolute Gasteiger partial charge is 0.495 e. The summed E-state index contributed by atoms with van der Waals surface area (Å²) < 4.78 is 8.66. The summed E-state index contributed by atoms with van der Waals surface area (Å²) in [7, 11) is 1.58. The zero-order valence-corrected chi connectivity index (χ0v) is 16.5. The molecule has 29 heavy (non-hydrogen) atoms. The fourth-order valence-electron chi connectivity index (χ4n) is 3.29. The lowest BCUT2D eigenvalue weighted by atomic mass is 10.1. The van der Waals surface area contributed by atoms with Crippen molar-refractivity contribution >= 4 is 17.2 Å². The van der Waals surface area contributed by atoms with Crippen LogP contribution in [0.2, 0.25) is 0 Å². The van der Waals surface area contributed by atoms with Gasteiger partial charge in [-0.3, -0.25) is 4.79 Å². The number of hydrogen-bond acceptors (Lipinski definition) is 6. The topological polar surface area (TPSA) is 99.2 Å². The fourth-order valence-corrected chi connectivity index (χ4v) is 3.29. The normalized spacial score (nSPS) is 11.0. The van der Waals surface area contributed by atoms with Crippen LogP contribution in [-0.2, 0) is 11.2 Å². The lowest BCUT2D eigenvalue weighted by Crippen LogP contribution is -2.13. The van der Waals surface area contributed by atoms with Gasteiger partial charge in [0.05, 0.1) is 18.5 Å². The molecule has 0 radical (unpaired) electrons. The molecule has 4 rings (SSSR count). The Morgan fingerprint density at radius 3 is 2.79 bits per heavy atom. The average Bonchev–Trinajstić information content (AvgIpc) is 3.30. The maximum absolute atomic E-state index is 12.4. The van der Waals surface area contributed by atoms with Crippen molar-refractivity contribution in [2.45, 2.75) is 26.7 Å². The Kier molecular flexibility index (Phi) is 4.94. The molecular weight excluding hydrogens is 370 g/mol. The van der Waals surface area contributed by atoms with E-state index in [2.05, 4.69) is 25.7 Å². The Morgan fingerprint density at radius 1 is 1.14 bits per heavy atom. The predicted octanol–water partition coefficient (Wildman–Crippen LogP) is 2.51. The van der Waals surface area contributed by atoms with Crippen molar-refractivity contribution in [3.05, 3.63) is 59.7 Å². The predicted molar refractivity (Wildman–Crippen MR) is 107 cm³/mol. The van der Waals surface area contributed by atoms with Gasteiger partial charge in [-0.25, -0.2) is 4.68 Å². The van der Waals surface area contributed by atoms with Crippen LogP contribution in [0.1, 0.15) is 23.4 Å². The van der Waals surface area contributed by atoms with Crippen LogP contribution in [0.3, 0.4) is 0 Å². The number of carbonyl (C=O) groups is 1. The van der Waals surface area contributed by atoms with Crippen molar-refractivity contribution < 1.29 is 9.53 Å². The number of benzene rings is 1. The number of hydrogen-bond donors (Lipinski definition) is 1. The summed E-state index contributed by atoms with van der Waals surface area (Å²) in [4.78, 5) is 12.4. The lowest BCUT2D eigenvalue weighted by Gasteiger charge is -2.10. The molecule has 0 saturated heterocycles. The molecule has 0 unspecified atom stereocenters. The highest BCUT2D eigenvalue weighted by atomic mass is 16.5. The molecule has 0 saturated carbocycles. The minimum absolute atomic E-state index is 0.0786. The van der Waals surface area contributed by atoms with E-state index in [1.54, 1.807) is 22.6 Å². The molecule has 0 aliphatic heterocycles. The molecule has 0 aliphatic rings. The van der Waals surface area contributed by atoms with Gasteiger partial charge in [0, 0.05) is 12.1 Å². The van der Waals surface area contributed by atoms with Crippen molar-refractivity contribution in [3.8, 4) is 11.6 Å². The van der Waals surface area contributed by atoms with Gasteiger partial charge in [-0.1, -0.05) is 12.1 Å². The number of amides is 1. The zero-order chi connectivity index (χ0) is 20.4. The number of fused-ring (bicyclic) bond motifs is 1. The molecule has 3 heterocycles. The summed E-state index contributed by atoms with van der Waals surface area (Å²) in [6.45, 7) is 3.92. The monoisotopic (exact) mass is 391 g/mol. The number of methoxy groups -OCH3 is 1. The summed E-state index contributed by atoms with van der Waals surface area (Å²) in [5, 5.41) is 19.8. The van der Waals surface area contributed by atoms with E-state index in [4.69, 9.17) is 4.74 Å². The number of para-hydroxylation sites is 2. The van der Waals surface area contributed by atoms with Gasteiger partial charge in [-0.15, -0.1) is 15.3 Å². The Hall–Kier alpha value is -3.75. The second-order valence-electron chi connectivity index (χ2n) is 6.63. The van der Waals surface area contributed by atoms with Crippen molar-refractivity contribution in [3.63, 3.8) is 0 Å². The molecule has 0 fully saturated rings. The van der Waals surface area contributed by atoms with Crippen LogP contribution in [0.15, 0.2) is 42.7 Å². The number of aromatic nitrogens is 6. The van der Waals surface area contributed by atoms with Gasteiger partial charge in [0.1, 0.15) is 12.1 Å². The van der Waals surface area contributed by atoms with E-state index in [1.165, 1.54) is 0 Å². The van der Waals surface area contributed by atoms with Crippen molar-refractivity contribution in [2.24, 2.45) is 0 Å². The third-order valence-corrected chi connectivity index (χ3v) is 4.79. The highest BCUT2D eigenvalue weighted by Crippen LogP contribution is 2.24. The van der Waals surface area contributed by atoms with Crippen LogP contribution in [0, 0.1) is 13.8 Å². The first-order valence-corrected chi connectivity index (χ1v) is 9.22. The number of rotatable bonds is 6. The van der Waals surface area contributed by atoms with Crippen LogP contribution >= 0.6 is 0 Å². The van der Waals surface area contributed by atoms with Crippen LogP contribution in [-0.4, -0.2) is 42.6 Å². The van der Waals surface area contributed by atoms with Gasteiger partial charge >= 0.3 is 0 Å². The Labute approximate surface area is 167 Å². The minimum Gasteiger partial charge on any atom is -0.495 e. The molecule has 1 amide bonds. The molecule has 0 aliphatic carbocycles. The lowest BCUT2D eigenvalue weighted by molar-refractivity contribution is -0.116. The number of carbonyl (C=O) groups excluding carboxylic acids is 1. The third kappa shape index (κ3) is 3.66. The Balaban J connectivity index is 1.50. The van der Waals surface area contributed by atoms with E-state index < -0.39 is 0 Å². The molecular formula is C20H21N7O2. The Morgan fingerprint density at radius 2 is 1.97 bits per heavy atom. The van der Waals surface area contributed by atoms with Crippen LogP contribution in [0.5, 0.6) is 5.75 Å². The van der Waals surface area contributed by atoms with Crippen molar-refractivity contribution in [1.82, 2.24) is 29.6 Å². The summed E-state index contributed by atoms with van der Waals surface area (Å²) in [6.07, 6.45) is 2.46. The first-order chi connectivity index (χ1) is 14.1. The maximum Gasteiger partial charge on any atom is 0.224 e. The van der Waals surface area contributed by atoms with Gasteiger partial charge in [0.2, 0.25) is 5.91 Å². The minimum atomic E-state index is -0.0786. The molecule has 0 bridgehead atoms. The fraction of sp³-hybridized carbons (Fsp3) is 0.250. The van der Waals surface area contributed by atoms with Gasteiger partial charge in [-0.2, -0.15) is 9.61 Å². The van der Waals surface area contributed by atoms with Gasteiger partial charge < -0.3 is 10.1 Å². The smallest absolute Gasteiger partial charge is 0.224 e. The second kappa shape index (κ2) is 7.70. The zero-order valence-electron chi connectivity index (χ0n) is 16.5. The Bertz CT molecular complexity index is 1180. The molecule has 4 aromatic rings. The van der Waals surface area contributed by atoms with Crippen LogP contribution < -0.4 is 10.1 Å². The van der Waals surface area contributed by atoms with E-state index in [-0.39, 0.29) is 5.91 Å². The third-order valence-electron chi connectivity index (χ3n) is 4.79. The molecule has 9 heteroatoms. The van der Waals surface area contributed by atoms with E-state index in [0.29, 0.717) is 35.7 Å². The SMILES string of the molecule is COc1ccccc1NC(=O)CCc1c(C)nn(-c2ccc3nncn3n2)c1C. The number of aryl methyl sites for hydroxylation is 1. The first kappa shape index (κ1) is 18.6. The molecule has 0 atom stereocenters. The molecule has 148 valence electrons. The van der Waals surface area contributed by atoms with Crippen molar-refractivity contribution in [1.29, 1.82) is 0 Å². The van der Waals surface area contributed by atoms with Gasteiger partial charge in [0.15, 0.2) is 11.5 Å². The van der Waals surface area contributed by atoms with E-state index in [0.717, 1.165) is 17.0 Å². The van der Waals surface area contributed by atoms with E-state index in [1.807, 2.05) is 50.2 Å². The molecule has 1 aromatic carbocycles. The molecule has 9 nitrogen and oxygen atoms in total. The standard InChI is InChI=1S/C20H21N7O2/c1-13-15(8-11-20(28)22-16-6-4-5-7-17(16)29-3)14(2)27(24-13)19-10-9-18-23-21-12-26(18)25-19/h4-7,9-10,12H,8,11H2,1-3H3,(H,22,28). The summed E-state index contributed by atoms with van der Waals surface area (Å²) in [6, 6.07) is 11.0. The summed E-state index contributed by atoms with van der Waals surface area (Å²) >= 11 is 0. The van der Waals surface area contributed by atoms with Crippen LogP contribution in [0.4, 0.5) is 5.69 Å². The summed E-state index contributed by atoms with van der Waals surface area (Å²) in [5.74, 6) is 1.23. The quantitative estimate of drug-likeness (QED) is 0.542. The van der Waals surface area contributed by atoms with Crippen LogP contribution in [0.25, 0.3) is 11.5 Å². The number of anilines is 1. The molecule has 0 spiro atoms. The number of ether oxygens (including phenoxy) is 1. The summed E-state index contributed by atoms with van der Waals surface area (Å²) in [5.41, 5.74) is 4.19. The average molecular weight is 391 g/mol. The number of nitrogens with one attached hydrogen (secondary N) is 1. The van der Waals surface area contributed by atoms with Gasteiger partial charge in [-0.05, 0) is 50.1 Å². The molecule has 3 aromatic heterocycles. The second-order valence-corrected chi connectivity index (χ2v) is 6.63. The van der Waals surface area contributed by atoms with E-state index in [9.17, 15) is 4.79 Å². The van der Waals surface area contributed by atoms with Crippen molar-refractivity contribution in [2.75, 3.05) is 12.4 Å². The van der Waals surface area contributed by atoms with E-state index >= 15 is 0 Å². The van der Waals surface area contributed by atoms with Gasteiger partial charge in [0.25, 0.3) is 0 Å². The first-order valence-electron chi connectivity index (χ1n) is 9.22. The highest BCUT2D eigenvalue weighted by molar-refractivity contribution is 5.92. The highest BCUT2D eigenvalue weighted by Gasteiger charge is 2.16. The molecule has 1 N–H and O–H groups in total.